The number of ether oxygens (including phenoxy) is 2. The molecule has 0 unspecified atom stereocenters. The number of benzene rings is 2. The summed E-state index contributed by atoms with van der Waals surface area (Å²) >= 11 is 0. The van der Waals surface area contributed by atoms with Gasteiger partial charge in [-0.3, -0.25) is 10.1 Å². The number of hydrogen-bond donors (Lipinski definition) is 0. The highest BCUT2D eigenvalue weighted by Crippen LogP contribution is 2.28. The highest BCUT2D eigenvalue weighted by molar-refractivity contribution is 5.42. The van der Waals surface area contributed by atoms with E-state index in [0.29, 0.717) is 11.5 Å². The topological polar surface area (TPSA) is 61.6 Å². The predicted octanol–water partition coefficient (Wildman–Crippen LogP) is 7.81. The van der Waals surface area contributed by atoms with Crippen LogP contribution in [0.2, 0.25) is 0 Å². The minimum absolute atomic E-state index is 0.0401. The van der Waals surface area contributed by atoms with Crippen molar-refractivity contribution < 1.29 is 14.4 Å². The van der Waals surface area contributed by atoms with Gasteiger partial charge in [0.1, 0.15) is 17.2 Å². The summed E-state index contributed by atoms with van der Waals surface area (Å²) in [6.45, 7) is 17.9. The van der Waals surface area contributed by atoms with Crippen LogP contribution in [0.5, 0.6) is 17.2 Å². The Hall–Kier alpha value is -2.56. The molecule has 0 saturated heterocycles. The van der Waals surface area contributed by atoms with Crippen LogP contribution in [-0.4, -0.2) is 12.0 Å². The fourth-order valence-corrected chi connectivity index (χ4v) is 1.69. The number of methoxy groups -OCH3 is 1. The summed E-state index contributed by atoms with van der Waals surface area (Å²) in [5.74, 6) is 2.00. The number of nitrogens with zero attached hydrogens (tertiary/aromatic N) is 1. The van der Waals surface area contributed by atoms with Gasteiger partial charge in [0.2, 0.25) is 0 Å². The molecule has 5 heteroatoms. The zero-order valence-electron chi connectivity index (χ0n) is 18.6. The van der Waals surface area contributed by atoms with Crippen molar-refractivity contribution in [3.05, 3.63) is 58.1 Å². The number of non-ortho nitro benzene ring substituents is 1. The molecule has 0 amide bonds. The number of hydrogen-bond acceptors (Lipinski definition) is 4. The lowest BCUT2D eigenvalue weighted by Gasteiger charge is -2.08. The maximum absolute atomic E-state index is 10.5. The van der Waals surface area contributed by atoms with E-state index in [2.05, 4.69) is 0 Å². The monoisotopic (exact) mass is 379 g/mol. The summed E-state index contributed by atoms with van der Waals surface area (Å²) in [5, 5.41) is 10.5. The maximum atomic E-state index is 10.5. The van der Waals surface area contributed by atoms with Gasteiger partial charge < -0.3 is 9.47 Å². The van der Waals surface area contributed by atoms with Crippen LogP contribution >= 0.6 is 0 Å². The minimum atomic E-state index is -0.443. The fourth-order valence-electron chi connectivity index (χ4n) is 1.69. The summed E-state index contributed by atoms with van der Waals surface area (Å²) in [6.07, 6.45) is 0. The van der Waals surface area contributed by atoms with Gasteiger partial charge in [-0.1, -0.05) is 55.4 Å². The third-order valence-corrected chi connectivity index (χ3v) is 2.65. The number of rotatable bonds is 4. The van der Waals surface area contributed by atoms with Crippen molar-refractivity contribution in [1.29, 1.82) is 0 Å². The van der Waals surface area contributed by atoms with E-state index in [0.717, 1.165) is 11.3 Å². The first kappa shape index (κ1) is 29.2. The molecule has 27 heavy (non-hydrogen) atoms. The first-order chi connectivity index (χ1) is 13.1. The average Bonchev–Trinajstić information content (AvgIpc) is 2.74. The van der Waals surface area contributed by atoms with Gasteiger partial charge >= 0.3 is 0 Å². The summed E-state index contributed by atoms with van der Waals surface area (Å²) in [4.78, 5) is 10.1. The van der Waals surface area contributed by atoms with Crippen molar-refractivity contribution in [2.75, 3.05) is 7.11 Å². The normalized spacial score (nSPS) is 7.93. The molecule has 0 aliphatic carbocycles. The lowest BCUT2D eigenvalue weighted by atomic mass is 10.2. The molecule has 0 aliphatic heterocycles. The molecule has 0 saturated carbocycles. The molecule has 0 atom stereocenters. The van der Waals surface area contributed by atoms with E-state index >= 15 is 0 Å². The van der Waals surface area contributed by atoms with Crippen LogP contribution in [0.4, 0.5) is 5.69 Å². The SMILES string of the molecule is CC.CC.CC.CC.COc1ccc(Oc2ccc([N+](=O)[O-])cc2)cc1C. The Bertz CT molecular complexity index is 596. The molecule has 0 fully saturated rings. The van der Waals surface area contributed by atoms with Crippen LogP contribution < -0.4 is 9.47 Å². The van der Waals surface area contributed by atoms with E-state index in [-0.39, 0.29) is 5.69 Å². The average molecular weight is 380 g/mol. The quantitative estimate of drug-likeness (QED) is 0.401. The van der Waals surface area contributed by atoms with Gasteiger partial charge in [-0.2, -0.15) is 0 Å². The lowest BCUT2D eigenvalue weighted by Crippen LogP contribution is -1.90. The second kappa shape index (κ2) is 19.8. The lowest BCUT2D eigenvalue weighted by molar-refractivity contribution is -0.384. The largest absolute Gasteiger partial charge is 0.496 e. The smallest absolute Gasteiger partial charge is 0.269 e. The second-order valence-electron chi connectivity index (χ2n) is 3.98. The standard InChI is InChI=1S/C14H13NO4.4C2H6/c1-10-9-13(7-8-14(10)18-2)19-12-5-3-11(4-6-12)15(16)17;4*1-2/h3-9H,1-2H3;4*1-2H3. The van der Waals surface area contributed by atoms with E-state index in [9.17, 15) is 10.1 Å². The molecule has 2 aromatic rings. The van der Waals surface area contributed by atoms with E-state index in [1.54, 1.807) is 25.3 Å². The van der Waals surface area contributed by atoms with E-state index in [1.807, 2.05) is 74.4 Å². The molecular formula is C22H37NO4. The Kier molecular flexibility index (Phi) is 21.4. The summed E-state index contributed by atoms with van der Waals surface area (Å²) in [6, 6.07) is 11.4. The van der Waals surface area contributed by atoms with Crippen LogP contribution in [0.25, 0.3) is 0 Å². The molecule has 0 radical (unpaired) electrons. The Morgan fingerprint density at radius 3 is 1.59 bits per heavy atom. The molecule has 0 aliphatic rings. The molecule has 0 spiro atoms. The third kappa shape index (κ3) is 11.6. The third-order valence-electron chi connectivity index (χ3n) is 2.65. The highest BCUT2D eigenvalue weighted by Gasteiger charge is 2.06. The van der Waals surface area contributed by atoms with Crippen molar-refractivity contribution >= 4 is 5.69 Å². The Morgan fingerprint density at radius 1 is 0.778 bits per heavy atom. The predicted molar refractivity (Wildman–Crippen MR) is 116 cm³/mol. The van der Waals surface area contributed by atoms with Crippen LogP contribution in [0.3, 0.4) is 0 Å². The van der Waals surface area contributed by atoms with Crippen LogP contribution in [-0.2, 0) is 0 Å². The molecule has 0 N–H and O–H groups in total. The fraction of sp³-hybridized carbons (Fsp3) is 0.455. The van der Waals surface area contributed by atoms with Crippen molar-refractivity contribution in [1.82, 2.24) is 0 Å². The van der Waals surface area contributed by atoms with E-state index in [4.69, 9.17) is 9.47 Å². The van der Waals surface area contributed by atoms with Crippen LogP contribution in [0.1, 0.15) is 61.0 Å². The van der Waals surface area contributed by atoms with Gasteiger partial charge in [0, 0.05) is 12.1 Å². The van der Waals surface area contributed by atoms with Gasteiger partial charge in [0.25, 0.3) is 5.69 Å². The van der Waals surface area contributed by atoms with Crippen molar-refractivity contribution in [3.8, 4) is 17.2 Å². The van der Waals surface area contributed by atoms with Gasteiger partial charge in [0.15, 0.2) is 0 Å². The Balaban J connectivity index is -0.000000638. The first-order valence-corrected chi connectivity index (χ1v) is 9.67. The zero-order chi connectivity index (χ0) is 21.8. The van der Waals surface area contributed by atoms with Gasteiger partial charge in [-0.05, 0) is 42.8 Å². The van der Waals surface area contributed by atoms with E-state index in [1.165, 1.54) is 12.1 Å². The molecule has 0 aromatic heterocycles. The number of nitro benzene ring substituents is 1. The number of nitro groups is 1. The summed E-state index contributed by atoms with van der Waals surface area (Å²) in [5.41, 5.74) is 1.00. The second-order valence-corrected chi connectivity index (χ2v) is 3.98. The summed E-state index contributed by atoms with van der Waals surface area (Å²) < 4.78 is 10.8. The zero-order valence-corrected chi connectivity index (χ0v) is 18.6. The molecule has 154 valence electrons. The Labute approximate surface area is 165 Å². The molecule has 2 aromatic carbocycles. The van der Waals surface area contributed by atoms with Crippen LogP contribution in [0, 0.1) is 17.0 Å². The molecule has 2 rings (SSSR count). The first-order valence-electron chi connectivity index (χ1n) is 9.67. The van der Waals surface area contributed by atoms with Gasteiger partial charge in [-0.15, -0.1) is 0 Å². The summed E-state index contributed by atoms with van der Waals surface area (Å²) in [7, 11) is 1.61. The van der Waals surface area contributed by atoms with Crippen molar-refractivity contribution in [3.63, 3.8) is 0 Å². The maximum Gasteiger partial charge on any atom is 0.269 e. The van der Waals surface area contributed by atoms with Crippen LogP contribution in [0.15, 0.2) is 42.5 Å². The minimum Gasteiger partial charge on any atom is -0.496 e. The van der Waals surface area contributed by atoms with Gasteiger partial charge in [-0.25, -0.2) is 0 Å². The highest BCUT2D eigenvalue weighted by atomic mass is 16.6. The molecule has 5 nitrogen and oxygen atoms in total. The molecular weight excluding hydrogens is 342 g/mol. The van der Waals surface area contributed by atoms with Crippen molar-refractivity contribution in [2.45, 2.75) is 62.3 Å². The molecule has 0 bridgehead atoms. The molecule has 0 heterocycles. The number of aryl methyl sites for hydroxylation is 1. The van der Waals surface area contributed by atoms with Crippen molar-refractivity contribution in [2.24, 2.45) is 0 Å². The van der Waals surface area contributed by atoms with E-state index < -0.39 is 4.92 Å². The Morgan fingerprint density at radius 2 is 1.22 bits per heavy atom. The van der Waals surface area contributed by atoms with Gasteiger partial charge in [0.05, 0.1) is 12.0 Å².